The van der Waals surface area contributed by atoms with Crippen LogP contribution < -0.4 is 10.2 Å². The van der Waals surface area contributed by atoms with Crippen LogP contribution in [0.15, 0.2) is 41.1 Å². The van der Waals surface area contributed by atoms with Crippen molar-refractivity contribution in [1.29, 1.82) is 5.26 Å². The molecule has 2 aliphatic rings. The Labute approximate surface area is 196 Å². The van der Waals surface area contributed by atoms with Crippen LogP contribution in [0.2, 0.25) is 0 Å². The SMILES string of the molecule is N#CCCCC(=O)N[C@H]1CC[C@H](CCN2CCN(c3cccc(-c4ncco4)c3)CC2)CC1. The molecule has 176 valence electrons. The molecule has 0 atom stereocenters. The number of nitrogens with one attached hydrogen (secondary N) is 1. The number of amides is 1. The summed E-state index contributed by atoms with van der Waals surface area (Å²) in [5.41, 5.74) is 2.26. The molecule has 7 nitrogen and oxygen atoms in total. The third-order valence-corrected chi connectivity index (χ3v) is 7.02. The molecule has 2 aromatic rings. The number of hydrogen-bond acceptors (Lipinski definition) is 6. The Hall–Kier alpha value is -2.85. The van der Waals surface area contributed by atoms with Crippen molar-refractivity contribution in [3.05, 3.63) is 36.7 Å². The number of hydrogen-bond donors (Lipinski definition) is 1. The van der Waals surface area contributed by atoms with E-state index in [1.54, 1.807) is 12.5 Å². The first kappa shape index (κ1) is 23.3. The number of benzene rings is 1. The van der Waals surface area contributed by atoms with Gasteiger partial charge in [0.2, 0.25) is 11.8 Å². The van der Waals surface area contributed by atoms with E-state index in [-0.39, 0.29) is 5.91 Å². The third kappa shape index (κ3) is 6.82. The first-order valence-electron chi connectivity index (χ1n) is 12.3. The van der Waals surface area contributed by atoms with Gasteiger partial charge in [0.25, 0.3) is 0 Å². The predicted molar refractivity (Wildman–Crippen MR) is 129 cm³/mol. The molecule has 0 radical (unpaired) electrons. The molecule has 1 aliphatic carbocycles. The monoisotopic (exact) mass is 449 g/mol. The lowest BCUT2D eigenvalue weighted by Gasteiger charge is -2.37. The van der Waals surface area contributed by atoms with E-state index in [4.69, 9.17) is 9.68 Å². The fourth-order valence-corrected chi connectivity index (χ4v) is 5.02. The van der Waals surface area contributed by atoms with Crippen molar-refractivity contribution >= 4 is 11.6 Å². The van der Waals surface area contributed by atoms with Crippen LogP contribution in [0.4, 0.5) is 5.69 Å². The van der Waals surface area contributed by atoms with Gasteiger partial charge in [0.1, 0.15) is 6.26 Å². The van der Waals surface area contributed by atoms with Gasteiger partial charge >= 0.3 is 0 Å². The van der Waals surface area contributed by atoms with Crippen molar-refractivity contribution in [1.82, 2.24) is 15.2 Å². The highest BCUT2D eigenvalue weighted by molar-refractivity contribution is 5.76. The number of carbonyl (C=O) groups excluding carboxylic acids is 1. The van der Waals surface area contributed by atoms with Crippen LogP contribution in [0.5, 0.6) is 0 Å². The smallest absolute Gasteiger partial charge is 0.225 e. The van der Waals surface area contributed by atoms with Gasteiger partial charge in [-0.2, -0.15) is 5.26 Å². The molecule has 1 saturated carbocycles. The van der Waals surface area contributed by atoms with Gasteiger partial charge in [0.15, 0.2) is 0 Å². The van der Waals surface area contributed by atoms with E-state index < -0.39 is 0 Å². The zero-order chi connectivity index (χ0) is 22.9. The average molecular weight is 450 g/mol. The summed E-state index contributed by atoms with van der Waals surface area (Å²) in [5, 5.41) is 11.8. The predicted octanol–water partition coefficient (Wildman–Crippen LogP) is 4.22. The minimum absolute atomic E-state index is 0.109. The maximum absolute atomic E-state index is 12.0. The summed E-state index contributed by atoms with van der Waals surface area (Å²) in [5.74, 6) is 1.55. The molecule has 1 aromatic carbocycles. The second-order valence-corrected chi connectivity index (χ2v) is 9.30. The second-order valence-electron chi connectivity index (χ2n) is 9.30. The maximum Gasteiger partial charge on any atom is 0.225 e. The number of oxazole rings is 1. The van der Waals surface area contributed by atoms with Crippen molar-refractivity contribution in [3.8, 4) is 17.5 Å². The first-order valence-corrected chi connectivity index (χ1v) is 12.3. The fourth-order valence-electron chi connectivity index (χ4n) is 5.02. The number of unbranched alkanes of at least 4 members (excludes halogenated alkanes) is 1. The number of piperazine rings is 1. The summed E-state index contributed by atoms with van der Waals surface area (Å²) in [7, 11) is 0. The summed E-state index contributed by atoms with van der Waals surface area (Å²) < 4.78 is 5.44. The van der Waals surface area contributed by atoms with Gasteiger partial charge in [-0.05, 0) is 69.2 Å². The van der Waals surface area contributed by atoms with E-state index in [0.29, 0.717) is 31.2 Å². The third-order valence-electron chi connectivity index (χ3n) is 7.02. The Balaban J connectivity index is 1.14. The first-order chi connectivity index (χ1) is 16.2. The summed E-state index contributed by atoms with van der Waals surface area (Å²) in [6, 6.07) is 10.9. The Morgan fingerprint density at radius 2 is 2.00 bits per heavy atom. The molecule has 1 aromatic heterocycles. The zero-order valence-corrected chi connectivity index (χ0v) is 19.4. The Bertz CT molecular complexity index is 907. The minimum atomic E-state index is 0.109. The lowest BCUT2D eigenvalue weighted by molar-refractivity contribution is -0.122. The van der Waals surface area contributed by atoms with Crippen LogP contribution in [0.25, 0.3) is 11.5 Å². The summed E-state index contributed by atoms with van der Waals surface area (Å²) in [6.07, 6.45) is 10.7. The van der Waals surface area contributed by atoms with E-state index in [1.165, 1.54) is 31.5 Å². The van der Waals surface area contributed by atoms with E-state index >= 15 is 0 Å². The molecule has 1 aliphatic heterocycles. The Kier molecular flexibility index (Phi) is 8.37. The largest absolute Gasteiger partial charge is 0.445 e. The van der Waals surface area contributed by atoms with Gasteiger partial charge in [-0.25, -0.2) is 4.98 Å². The number of rotatable bonds is 9. The lowest BCUT2D eigenvalue weighted by Crippen LogP contribution is -2.47. The highest BCUT2D eigenvalue weighted by Gasteiger charge is 2.24. The quantitative estimate of drug-likeness (QED) is 0.577. The Morgan fingerprint density at radius 1 is 1.18 bits per heavy atom. The van der Waals surface area contributed by atoms with Crippen molar-refractivity contribution in [2.75, 3.05) is 37.6 Å². The maximum atomic E-state index is 12.0. The number of nitriles is 1. The number of nitrogens with zero attached hydrogens (tertiary/aromatic N) is 4. The van der Waals surface area contributed by atoms with Crippen LogP contribution in [-0.4, -0.2) is 54.6 Å². The van der Waals surface area contributed by atoms with Crippen LogP contribution >= 0.6 is 0 Å². The van der Waals surface area contributed by atoms with Crippen LogP contribution in [0, 0.1) is 17.2 Å². The van der Waals surface area contributed by atoms with Gasteiger partial charge in [-0.3, -0.25) is 9.69 Å². The molecule has 4 rings (SSSR count). The highest BCUT2D eigenvalue weighted by Crippen LogP contribution is 2.28. The molecule has 0 unspecified atom stereocenters. The molecule has 0 bridgehead atoms. The van der Waals surface area contributed by atoms with Gasteiger partial charge in [-0.15, -0.1) is 0 Å². The van der Waals surface area contributed by atoms with Gasteiger partial charge in [-0.1, -0.05) is 6.07 Å². The molecule has 1 saturated heterocycles. The van der Waals surface area contributed by atoms with E-state index in [9.17, 15) is 4.79 Å². The minimum Gasteiger partial charge on any atom is -0.445 e. The molecule has 33 heavy (non-hydrogen) atoms. The van der Waals surface area contributed by atoms with E-state index in [0.717, 1.165) is 50.5 Å². The molecule has 0 spiro atoms. The highest BCUT2D eigenvalue weighted by atomic mass is 16.3. The topological polar surface area (TPSA) is 85.4 Å². The summed E-state index contributed by atoms with van der Waals surface area (Å²) in [6.45, 7) is 5.44. The van der Waals surface area contributed by atoms with E-state index in [2.05, 4.69) is 44.4 Å². The van der Waals surface area contributed by atoms with Crippen LogP contribution in [0.3, 0.4) is 0 Å². The average Bonchev–Trinajstić information content (AvgIpc) is 3.39. The molecule has 2 fully saturated rings. The summed E-state index contributed by atoms with van der Waals surface area (Å²) >= 11 is 0. The van der Waals surface area contributed by atoms with Crippen LogP contribution in [-0.2, 0) is 4.79 Å². The fraction of sp³-hybridized carbons (Fsp3) is 0.577. The number of anilines is 1. The number of aromatic nitrogens is 1. The standard InChI is InChI=1S/C26H35N5O2/c27-12-2-1-6-25(32)29-23-9-7-21(8-10-23)11-14-30-15-17-31(18-16-30)24-5-3-4-22(20-24)26-28-13-19-33-26/h3-5,13,19-21,23H,1-2,6-11,14-18H2,(H,29,32)/t21-,23-. The summed E-state index contributed by atoms with van der Waals surface area (Å²) in [4.78, 5) is 21.3. The van der Waals surface area contributed by atoms with Crippen molar-refractivity contribution < 1.29 is 9.21 Å². The van der Waals surface area contributed by atoms with Gasteiger partial charge < -0.3 is 14.6 Å². The normalized spacial score (nSPS) is 21.5. The zero-order valence-electron chi connectivity index (χ0n) is 19.4. The van der Waals surface area contributed by atoms with Crippen LogP contribution in [0.1, 0.15) is 51.4 Å². The van der Waals surface area contributed by atoms with Gasteiger partial charge in [0, 0.05) is 56.3 Å². The molecule has 7 heteroatoms. The van der Waals surface area contributed by atoms with Crippen molar-refractivity contribution in [2.24, 2.45) is 5.92 Å². The second kappa shape index (κ2) is 11.9. The lowest BCUT2D eigenvalue weighted by atomic mass is 9.84. The molecule has 1 amide bonds. The van der Waals surface area contributed by atoms with Crippen molar-refractivity contribution in [2.45, 2.75) is 57.4 Å². The molecular weight excluding hydrogens is 414 g/mol. The van der Waals surface area contributed by atoms with E-state index in [1.807, 2.05) is 6.07 Å². The van der Waals surface area contributed by atoms with Crippen molar-refractivity contribution in [3.63, 3.8) is 0 Å². The molecular formula is C26H35N5O2. The van der Waals surface area contributed by atoms with Gasteiger partial charge in [0.05, 0.1) is 12.3 Å². The molecule has 2 heterocycles. The Morgan fingerprint density at radius 3 is 2.73 bits per heavy atom. The molecule has 1 N–H and O–H groups in total. The number of carbonyl (C=O) groups is 1.